The largest absolute Gasteiger partial charge is 0.476 e. The standard InChI is InChI=1S/C14H14ClN3O4S/c1-23(21,22)17-7-6-12-11(8-17)13(14(19)20)16-18(12)10-4-2-9(15)3-5-10/h2-5H,6-8H2,1H3,(H,19,20). The molecule has 0 spiro atoms. The molecule has 0 saturated heterocycles. The highest BCUT2D eigenvalue weighted by molar-refractivity contribution is 7.88. The van der Waals surface area contributed by atoms with Crippen molar-refractivity contribution >= 4 is 27.6 Å². The summed E-state index contributed by atoms with van der Waals surface area (Å²) < 4.78 is 26.3. The first-order valence-corrected chi connectivity index (χ1v) is 9.05. The molecule has 0 saturated carbocycles. The SMILES string of the molecule is CS(=O)(=O)N1CCc2c(c(C(=O)O)nn2-c2ccc(Cl)cc2)C1. The number of hydrogen-bond donors (Lipinski definition) is 1. The molecule has 2 aromatic rings. The van der Waals surface area contributed by atoms with Crippen molar-refractivity contribution in [1.29, 1.82) is 0 Å². The number of carboxylic acid groups (broad SMARTS) is 1. The lowest BCUT2D eigenvalue weighted by molar-refractivity contribution is 0.0688. The molecule has 0 unspecified atom stereocenters. The van der Waals surface area contributed by atoms with Gasteiger partial charge in [-0.1, -0.05) is 11.6 Å². The first-order chi connectivity index (χ1) is 10.8. The van der Waals surface area contributed by atoms with Crippen molar-refractivity contribution in [1.82, 2.24) is 14.1 Å². The fraction of sp³-hybridized carbons (Fsp3) is 0.286. The van der Waals surface area contributed by atoms with Gasteiger partial charge in [0.1, 0.15) is 0 Å². The third-order valence-electron chi connectivity index (χ3n) is 3.77. The maximum Gasteiger partial charge on any atom is 0.356 e. The molecular formula is C14H14ClN3O4S. The Bertz CT molecular complexity index is 874. The van der Waals surface area contributed by atoms with E-state index in [1.54, 1.807) is 28.9 Å². The number of carboxylic acids is 1. The van der Waals surface area contributed by atoms with Gasteiger partial charge in [-0.25, -0.2) is 17.9 Å². The quantitative estimate of drug-likeness (QED) is 0.901. The highest BCUT2D eigenvalue weighted by Gasteiger charge is 2.31. The molecule has 0 bridgehead atoms. The fourth-order valence-electron chi connectivity index (χ4n) is 2.64. The van der Waals surface area contributed by atoms with E-state index in [0.29, 0.717) is 34.9 Å². The van der Waals surface area contributed by atoms with E-state index in [4.69, 9.17) is 11.6 Å². The lowest BCUT2D eigenvalue weighted by atomic mass is 10.1. The van der Waals surface area contributed by atoms with Crippen LogP contribution in [0.15, 0.2) is 24.3 Å². The van der Waals surface area contributed by atoms with E-state index in [0.717, 1.165) is 6.26 Å². The van der Waals surface area contributed by atoms with Crippen LogP contribution in [0.1, 0.15) is 21.7 Å². The smallest absolute Gasteiger partial charge is 0.356 e. The Kier molecular flexibility index (Phi) is 3.91. The van der Waals surface area contributed by atoms with Crippen molar-refractivity contribution in [2.75, 3.05) is 12.8 Å². The highest BCUT2D eigenvalue weighted by atomic mass is 35.5. The number of halogens is 1. The molecule has 1 aromatic carbocycles. The first-order valence-electron chi connectivity index (χ1n) is 6.82. The number of carbonyl (C=O) groups is 1. The molecule has 1 aliphatic rings. The van der Waals surface area contributed by atoms with Gasteiger partial charge in [-0.15, -0.1) is 0 Å². The molecule has 2 heterocycles. The van der Waals surface area contributed by atoms with Gasteiger partial charge in [0.2, 0.25) is 10.0 Å². The minimum absolute atomic E-state index is 0.0173. The zero-order valence-corrected chi connectivity index (χ0v) is 13.8. The molecule has 1 N–H and O–H groups in total. The summed E-state index contributed by atoms with van der Waals surface area (Å²) >= 11 is 5.87. The summed E-state index contributed by atoms with van der Waals surface area (Å²) in [6.07, 6.45) is 1.51. The second-order valence-electron chi connectivity index (χ2n) is 5.31. The van der Waals surface area contributed by atoms with Crippen LogP contribution >= 0.6 is 11.6 Å². The number of benzene rings is 1. The topological polar surface area (TPSA) is 92.5 Å². The Morgan fingerprint density at radius 2 is 1.96 bits per heavy atom. The molecule has 0 fully saturated rings. The van der Waals surface area contributed by atoms with Crippen molar-refractivity contribution in [3.63, 3.8) is 0 Å². The van der Waals surface area contributed by atoms with Gasteiger partial charge in [0, 0.05) is 30.1 Å². The van der Waals surface area contributed by atoms with Gasteiger partial charge in [0.25, 0.3) is 0 Å². The molecule has 3 rings (SSSR count). The third kappa shape index (κ3) is 2.97. The maximum absolute atomic E-state index is 11.7. The van der Waals surface area contributed by atoms with Crippen molar-refractivity contribution < 1.29 is 18.3 Å². The third-order valence-corrected chi connectivity index (χ3v) is 5.27. The summed E-state index contributed by atoms with van der Waals surface area (Å²) in [4.78, 5) is 11.5. The van der Waals surface area contributed by atoms with E-state index in [2.05, 4.69) is 5.10 Å². The van der Waals surface area contributed by atoms with Crippen molar-refractivity contribution in [3.8, 4) is 5.69 Å². The van der Waals surface area contributed by atoms with Gasteiger partial charge in [-0.05, 0) is 24.3 Å². The van der Waals surface area contributed by atoms with Crippen molar-refractivity contribution in [2.24, 2.45) is 0 Å². The van der Waals surface area contributed by atoms with Gasteiger partial charge in [-0.3, -0.25) is 0 Å². The van der Waals surface area contributed by atoms with Gasteiger partial charge in [-0.2, -0.15) is 9.40 Å². The highest BCUT2D eigenvalue weighted by Crippen LogP contribution is 2.27. The average Bonchev–Trinajstić information content (AvgIpc) is 2.86. The Morgan fingerprint density at radius 3 is 2.52 bits per heavy atom. The number of aromatic nitrogens is 2. The van der Waals surface area contributed by atoms with E-state index in [1.807, 2.05) is 0 Å². The van der Waals surface area contributed by atoms with Crippen LogP contribution in [0.2, 0.25) is 5.02 Å². The number of rotatable bonds is 3. The first kappa shape index (κ1) is 16.0. The second-order valence-corrected chi connectivity index (χ2v) is 7.73. The molecular weight excluding hydrogens is 342 g/mol. The van der Waals surface area contributed by atoms with Gasteiger partial charge < -0.3 is 5.11 Å². The van der Waals surface area contributed by atoms with E-state index < -0.39 is 16.0 Å². The lowest BCUT2D eigenvalue weighted by Gasteiger charge is -2.25. The van der Waals surface area contributed by atoms with Crippen LogP contribution in [0.4, 0.5) is 0 Å². The summed E-state index contributed by atoms with van der Waals surface area (Å²) in [5.74, 6) is -1.18. The molecule has 122 valence electrons. The number of hydrogen-bond acceptors (Lipinski definition) is 4. The fourth-order valence-corrected chi connectivity index (χ4v) is 3.56. The van der Waals surface area contributed by atoms with Crippen LogP contribution in [0.5, 0.6) is 0 Å². The van der Waals surface area contributed by atoms with Gasteiger partial charge in [0.05, 0.1) is 17.6 Å². The summed E-state index contributed by atoms with van der Waals surface area (Å²) in [6.45, 7) is 0.313. The van der Waals surface area contributed by atoms with Crippen LogP contribution in [0.25, 0.3) is 5.69 Å². The molecule has 1 aliphatic heterocycles. The molecule has 23 heavy (non-hydrogen) atoms. The van der Waals surface area contributed by atoms with Crippen molar-refractivity contribution in [3.05, 3.63) is 46.2 Å². The van der Waals surface area contributed by atoms with Crippen LogP contribution in [-0.4, -0.2) is 46.4 Å². The molecule has 0 amide bonds. The molecule has 0 atom stereocenters. The normalized spacial score (nSPS) is 15.4. The minimum atomic E-state index is -3.39. The predicted octanol–water partition coefficient (Wildman–Crippen LogP) is 1.54. The van der Waals surface area contributed by atoms with E-state index in [9.17, 15) is 18.3 Å². The summed E-state index contributed by atoms with van der Waals surface area (Å²) in [5, 5.41) is 14.1. The Morgan fingerprint density at radius 1 is 1.30 bits per heavy atom. The second kappa shape index (κ2) is 5.63. The van der Waals surface area contributed by atoms with E-state index in [1.165, 1.54) is 4.31 Å². The monoisotopic (exact) mass is 355 g/mol. The Labute approximate surface area is 138 Å². The number of nitrogens with zero attached hydrogens (tertiary/aromatic N) is 3. The van der Waals surface area contributed by atoms with Crippen LogP contribution in [0.3, 0.4) is 0 Å². The number of fused-ring (bicyclic) bond motifs is 1. The minimum Gasteiger partial charge on any atom is -0.476 e. The summed E-state index contributed by atoms with van der Waals surface area (Å²) in [7, 11) is -3.39. The molecule has 0 aliphatic carbocycles. The Balaban J connectivity index is 2.12. The number of aromatic carboxylic acids is 1. The molecule has 1 aromatic heterocycles. The number of sulfonamides is 1. The summed E-state index contributed by atoms with van der Waals surface area (Å²) in [5.41, 5.74) is 1.71. The molecule has 0 radical (unpaired) electrons. The van der Waals surface area contributed by atoms with E-state index >= 15 is 0 Å². The zero-order valence-electron chi connectivity index (χ0n) is 12.2. The van der Waals surface area contributed by atoms with Crippen LogP contribution in [-0.2, 0) is 23.0 Å². The maximum atomic E-state index is 11.7. The Hall–Kier alpha value is -1.90. The van der Waals surface area contributed by atoms with Crippen molar-refractivity contribution in [2.45, 2.75) is 13.0 Å². The van der Waals surface area contributed by atoms with Gasteiger partial charge in [0.15, 0.2) is 5.69 Å². The van der Waals surface area contributed by atoms with E-state index in [-0.39, 0.29) is 12.2 Å². The lowest BCUT2D eigenvalue weighted by Crippen LogP contribution is -2.35. The van der Waals surface area contributed by atoms with Gasteiger partial charge >= 0.3 is 5.97 Å². The molecule has 9 heteroatoms. The predicted molar refractivity (Wildman–Crippen MR) is 84.5 cm³/mol. The molecule has 7 nitrogen and oxygen atoms in total. The van der Waals surface area contributed by atoms with Crippen LogP contribution in [0, 0.1) is 0 Å². The summed E-state index contributed by atoms with van der Waals surface area (Å²) in [6, 6.07) is 6.86. The van der Waals surface area contributed by atoms with Crippen LogP contribution < -0.4 is 0 Å². The zero-order chi connectivity index (χ0) is 16.8. The average molecular weight is 356 g/mol.